The molecule has 0 fully saturated rings. The highest BCUT2D eigenvalue weighted by Gasteiger charge is 2.05. The van der Waals surface area contributed by atoms with E-state index in [-0.39, 0.29) is 0 Å². The molecule has 0 atom stereocenters. The van der Waals surface area contributed by atoms with Crippen LogP contribution < -0.4 is 10.5 Å². The summed E-state index contributed by atoms with van der Waals surface area (Å²) in [5.74, 6) is 0.858. The minimum atomic E-state index is 0.636. The van der Waals surface area contributed by atoms with E-state index in [0.29, 0.717) is 6.54 Å². The number of methoxy groups -OCH3 is 1. The Kier molecular flexibility index (Phi) is 4.61. The zero-order valence-electron chi connectivity index (χ0n) is 10.3. The fourth-order valence-electron chi connectivity index (χ4n) is 1.64. The highest BCUT2D eigenvalue weighted by molar-refractivity contribution is 7.99. The maximum Gasteiger partial charge on any atom is 0.119 e. The van der Waals surface area contributed by atoms with Crippen LogP contribution in [0, 0.1) is 0 Å². The number of benzene rings is 1. The largest absolute Gasteiger partial charge is 0.497 e. The van der Waals surface area contributed by atoms with Gasteiger partial charge in [-0.1, -0.05) is 23.9 Å². The summed E-state index contributed by atoms with van der Waals surface area (Å²) in [6, 6.07) is 12.0. The van der Waals surface area contributed by atoms with Crippen molar-refractivity contribution in [3.8, 4) is 5.75 Å². The average molecular weight is 260 g/mol. The number of nitrogens with two attached hydrogens (primary N) is 1. The number of rotatable bonds is 5. The van der Waals surface area contributed by atoms with Crippen molar-refractivity contribution < 1.29 is 4.74 Å². The second kappa shape index (κ2) is 6.42. The number of hydrogen-bond donors (Lipinski definition) is 1. The van der Waals surface area contributed by atoms with Crippen molar-refractivity contribution in [2.75, 3.05) is 13.7 Å². The van der Waals surface area contributed by atoms with Gasteiger partial charge in [0.2, 0.25) is 0 Å². The summed E-state index contributed by atoms with van der Waals surface area (Å²) in [5, 5.41) is 1.01. The Bertz CT molecular complexity index is 517. The average Bonchev–Trinajstić information content (AvgIpc) is 2.41. The Morgan fingerprint density at radius 1 is 1.28 bits per heavy atom. The molecule has 1 heterocycles. The van der Waals surface area contributed by atoms with Gasteiger partial charge in [0.15, 0.2) is 0 Å². The Balaban J connectivity index is 2.22. The first kappa shape index (κ1) is 12.9. The first-order valence-electron chi connectivity index (χ1n) is 5.79. The molecule has 94 valence electrons. The molecule has 4 heteroatoms. The van der Waals surface area contributed by atoms with Crippen LogP contribution in [0.15, 0.2) is 52.5 Å². The number of nitrogens with zero attached hydrogens (tertiary/aromatic N) is 1. The molecule has 0 aliphatic heterocycles. The molecule has 3 nitrogen and oxygen atoms in total. The Labute approximate surface area is 111 Å². The molecule has 18 heavy (non-hydrogen) atoms. The van der Waals surface area contributed by atoms with Gasteiger partial charge in [-0.15, -0.1) is 0 Å². The van der Waals surface area contributed by atoms with Crippen LogP contribution in [0.3, 0.4) is 0 Å². The lowest BCUT2D eigenvalue weighted by Gasteiger charge is -2.07. The Morgan fingerprint density at radius 3 is 2.94 bits per heavy atom. The lowest BCUT2D eigenvalue weighted by Crippen LogP contribution is -2.04. The Morgan fingerprint density at radius 2 is 2.17 bits per heavy atom. The van der Waals surface area contributed by atoms with E-state index >= 15 is 0 Å². The number of aromatic nitrogens is 1. The minimum Gasteiger partial charge on any atom is -0.497 e. The highest BCUT2D eigenvalue weighted by Crippen LogP contribution is 2.30. The number of hydrogen-bond acceptors (Lipinski definition) is 4. The van der Waals surface area contributed by atoms with E-state index in [2.05, 4.69) is 11.1 Å². The monoisotopic (exact) mass is 260 g/mol. The molecule has 0 saturated heterocycles. The molecule has 0 radical (unpaired) electrons. The van der Waals surface area contributed by atoms with E-state index in [0.717, 1.165) is 22.1 Å². The predicted octanol–water partition coefficient (Wildman–Crippen LogP) is 2.74. The fourth-order valence-corrected chi connectivity index (χ4v) is 2.60. The maximum absolute atomic E-state index is 5.61. The molecule has 0 bridgehead atoms. The third kappa shape index (κ3) is 3.24. The number of pyridine rings is 1. The molecule has 2 aromatic rings. The van der Waals surface area contributed by atoms with E-state index in [1.807, 2.05) is 36.5 Å². The summed E-state index contributed by atoms with van der Waals surface area (Å²) in [6.45, 7) is 0.636. The van der Waals surface area contributed by atoms with Crippen molar-refractivity contribution in [2.24, 2.45) is 5.73 Å². The number of ether oxygens (including phenoxy) is 1. The SMILES string of the molecule is COc1cccc(Sc2ncccc2CCN)c1. The normalized spacial score (nSPS) is 10.3. The van der Waals surface area contributed by atoms with Crippen LogP contribution in [0.4, 0.5) is 0 Å². The second-order valence-electron chi connectivity index (χ2n) is 3.79. The van der Waals surface area contributed by atoms with Crippen molar-refractivity contribution in [1.82, 2.24) is 4.98 Å². The van der Waals surface area contributed by atoms with Gasteiger partial charge < -0.3 is 10.5 Å². The van der Waals surface area contributed by atoms with Crippen molar-refractivity contribution in [3.63, 3.8) is 0 Å². The third-order valence-corrected chi connectivity index (χ3v) is 3.57. The molecule has 2 rings (SSSR count). The van der Waals surface area contributed by atoms with Gasteiger partial charge in [-0.05, 0) is 42.8 Å². The van der Waals surface area contributed by atoms with Gasteiger partial charge in [0.1, 0.15) is 10.8 Å². The summed E-state index contributed by atoms with van der Waals surface area (Å²) < 4.78 is 5.22. The predicted molar refractivity (Wildman–Crippen MR) is 74.1 cm³/mol. The van der Waals surface area contributed by atoms with Crippen molar-refractivity contribution in [3.05, 3.63) is 48.2 Å². The van der Waals surface area contributed by atoms with Crippen LogP contribution in [0.2, 0.25) is 0 Å². The lowest BCUT2D eigenvalue weighted by molar-refractivity contribution is 0.413. The van der Waals surface area contributed by atoms with E-state index in [1.54, 1.807) is 18.9 Å². The van der Waals surface area contributed by atoms with Gasteiger partial charge in [-0.2, -0.15) is 0 Å². The molecule has 2 N–H and O–H groups in total. The van der Waals surface area contributed by atoms with Crippen LogP contribution in [-0.2, 0) is 6.42 Å². The van der Waals surface area contributed by atoms with Gasteiger partial charge in [0, 0.05) is 11.1 Å². The highest BCUT2D eigenvalue weighted by atomic mass is 32.2. The zero-order valence-corrected chi connectivity index (χ0v) is 11.1. The fraction of sp³-hybridized carbons (Fsp3) is 0.214. The summed E-state index contributed by atoms with van der Waals surface area (Å²) in [6.07, 6.45) is 2.66. The first-order valence-corrected chi connectivity index (χ1v) is 6.61. The summed E-state index contributed by atoms with van der Waals surface area (Å²) >= 11 is 1.64. The van der Waals surface area contributed by atoms with Gasteiger partial charge >= 0.3 is 0 Å². The molecule has 0 aliphatic carbocycles. The van der Waals surface area contributed by atoms with Gasteiger partial charge in [0.25, 0.3) is 0 Å². The summed E-state index contributed by atoms with van der Waals surface area (Å²) in [4.78, 5) is 5.53. The molecule has 0 aliphatic rings. The molecular weight excluding hydrogens is 244 g/mol. The molecule has 0 unspecified atom stereocenters. The van der Waals surface area contributed by atoms with Crippen molar-refractivity contribution >= 4 is 11.8 Å². The van der Waals surface area contributed by atoms with Gasteiger partial charge in [-0.25, -0.2) is 4.98 Å². The topological polar surface area (TPSA) is 48.1 Å². The minimum absolute atomic E-state index is 0.636. The van der Waals surface area contributed by atoms with Gasteiger partial charge in [-0.3, -0.25) is 0 Å². The Hall–Kier alpha value is -1.52. The van der Waals surface area contributed by atoms with Crippen LogP contribution in [-0.4, -0.2) is 18.6 Å². The van der Waals surface area contributed by atoms with Crippen molar-refractivity contribution in [1.29, 1.82) is 0 Å². The van der Waals surface area contributed by atoms with Crippen LogP contribution in [0.1, 0.15) is 5.56 Å². The summed E-state index contributed by atoms with van der Waals surface area (Å²) in [5.41, 5.74) is 6.80. The molecule has 0 spiro atoms. The van der Waals surface area contributed by atoms with Crippen LogP contribution >= 0.6 is 11.8 Å². The second-order valence-corrected chi connectivity index (χ2v) is 4.85. The smallest absolute Gasteiger partial charge is 0.119 e. The van der Waals surface area contributed by atoms with Crippen molar-refractivity contribution in [2.45, 2.75) is 16.3 Å². The van der Waals surface area contributed by atoms with Gasteiger partial charge in [0.05, 0.1) is 7.11 Å². The lowest BCUT2D eigenvalue weighted by atomic mass is 10.2. The van der Waals surface area contributed by atoms with E-state index in [9.17, 15) is 0 Å². The van der Waals surface area contributed by atoms with E-state index in [4.69, 9.17) is 10.5 Å². The molecule has 0 amide bonds. The first-order chi connectivity index (χ1) is 8.83. The standard InChI is InChI=1S/C14H16N2OS/c1-17-12-5-2-6-13(10-12)18-14-11(7-8-15)4-3-9-16-14/h2-6,9-10H,7-8,15H2,1H3. The van der Waals surface area contributed by atoms with Crippen LogP contribution in [0.25, 0.3) is 0 Å². The molecular formula is C14H16N2OS. The molecule has 0 saturated carbocycles. The quantitative estimate of drug-likeness (QED) is 0.898. The van der Waals surface area contributed by atoms with E-state index < -0.39 is 0 Å². The third-order valence-electron chi connectivity index (χ3n) is 2.52. The molecule has 1 aromatic heterocycles. The molecule has 1 aromatic carbocycles. The van der Waals surface area contributed by atoms with E-state index in [1.165, 1.54) is 5.56 Å². The summed E-state index contributed by atoms with van der Waals surface area (Å²) in [7, 11) is 1.67. The van der Waals surface area contributed by atoms with Crippen LogP contribution in [0.5, 0.6) is 5.75 Å². The maximum atomic E-state index is 5.61. The zero-order chi connectivity index (χ0) is 12.8.